The maximum absolute atomic E-state index is 5.88. The summed E-state index contributed by atoms with van der Waals surface area (Å²) >= 11 is 1.78. The van der Waals surface area contributed by atoms with Gasteiger partial charge in [0.25, 0.3) is 0 Å². The van der Waals surface area contributed by atoms with Crippen LogP contribution in [0.2, 0.25) is 0 Å². The van der Waals surface area contributed by atoms with Gasteiger partial charge in [0, 0.05) is 10.8 Å². The molecule has 0 rings (SSSR count). The number of rotatable bonds is 3. The van der Waals surface area contributed by atoms with Gasteiger partial charge in [-0.25, -0.2) is 0 Å². The molecule has 0 fully saturated rings. The van der Waals surface area contributed by atoms with Gasteiger partial charge in [-0.15, -0.1) is 0 Å². The molecule has 0 aliphatic heterocycles. The van der Waals surface area contributed by atoms with Crippen LogP contribution >= 0.6 is 11.8 Å². The van der Waals surface area contributed by atoms with Gasteiger partial charge in [0.15, 0.2) is 0 Å². The van der Waals surface area contributed by atoms with Crippen LogP contribution in [-0.4, -0.2) is 17.0 Å². The maximum atomic E-state index is 5.88. The fraction of sp³-hybridized carbons (Fsp3) is 0.750. The van der Waals surface area contributed by atoms with Crippen molar-refractivity contribution in [2.75, 3.05) is 6.26 Å². The first kappa shape index (κ1) is 10.0. The normalized spacial score (nSPS) is 14.9. The molecule has 0 heterocycles. The van der Waals surface area contributed by atoms with Gasteiger partial charge in [-0.3, -0.25) is 0 Å². The molecule has 0 aromatic rings. The van der Waals surface area contributed by atoms with E-state index >= 15 is 0 Å². The summed E-state index contributed by atoms with van der Waals surface area (Å²) in [7, 11) is 0. The van der Waals surface area contributed by atoms with E-state index in [1.807, 2.05) is 6.92 Å². The number of hydrogen-bond donors (Lipinski definition) is 1. The molecule has 0 amide bonds. The van der Waals surface area contributed by atoms with E-state index in [1.165, 1.54) is 0 Å². The molecule has 0 saturated heterocycles. The van der Waals surface area contributed by atoms with E-state index in [4.69, 9.17) is 5.73 Å². The molecule has 2 N–H and O–H groups in total. The quantitative estimate of drug-likeness (QED) is 0.638. The molecule has 0 aromatic carbocycles. The molecule has 0 saturated carbocycles. The summed E-state index contributed by atoms with van der Waals surface area (Å²) < 4.78 is 0.117. The predicted molar refractivity (Wildman–Crippen MR) is 50.4 cm³/mol. The second-order valence-corrected chi connectivity index (χ2v) is 4.59. The third kappa shape index (κ3) is 2.35. The lowest BCUT2D eigenvalue weighted by Crippen LogP contribution is -2.40. The summed E-state index contributed by atoms with van der Waals surface area (Å²) in [4.78, 5) is 0. The lowest BCUT2D eigenvalue weighted by atomic mass is 9.98. The Morgan fingerprint density at radius 2 is 2.00 bits per heavy atom. The standard InChI is InChI=1S/C8H17NS/c1-6(2)7(9)8(3,4)10-5/h7H,1,9H2,2-5H3. The first-order valence-electron chi connectivity index (χ1n) is 3.38. The molecular formula is C8H17NS. The zero-order valence-electron chi connectivity index (χ0n) is 7.27. The van der Waals surface area contributed by atoms with Gasteiger partial charge < -0.3 is 5.73 Å². The van der Waals surface area contributed by atoms with Crippen molar-refractivity contribution in [3.05, 3.63) is 12.2 Å². The number of hydrogen-bond acceptors (Lipinski definition) is 2. The van der Waals surface area contributed by atoms with E-state index in [9.17, 15) is 0 Å². The zero-order chi connectivity index (χ0) is 8.36. The second-order valence-electron chi connectivity index (χ2n) is 3.13. The van der Waals surface area contributed by atoms with Gasteiger partial charge in [0.2, 0.25) is 0 Å². The Morgan fingerprint density at radius 1 is 1.60 bits per heavy atom. The predicted octanol–water partition coefficient (Wildman–Crippen LogP) is 2.03. The second kappa shape index (κ2) is 3.44. The highest BCUT2D eigenvalue weighted by atomic mass is 32.2. The Balaban J connectivity index is 4.17. The highest BCUT2D eigenvalue weighted by molar-refractivity contribution is 8.00. The fourth-order valence-corrected chi connectivity index (χ4v) is 1.18. The molecule has 1 nitrogen and oxygen atoms in total. The third-order valence-corrected chi connectivity index (χ3v) is 3.11. The molecule has 0 aliphatic carbocycles. The van der Waals surface area contributed by atoms with Crippen molar-refractivity contribution in [2.24, 2.45) is 5.73 Å². The summed E-state index contributed by atoms with van der Waals surface area (Å²) in [5.41, 5.74) is 6.94. The lowest BCUT2D eigenvalue weighted by molar-refractivity contribution is 0.601. The van der Waals surface area contributed by atoms with Crippen LogP contribution in [0.5, 0.6) is 0 Å². The molecule has 1 atom stereocenters. The van der Waals surface area contributed by atoms with E-state index in [-0.39, 0.29) is 10.8 Å². The smallest absolute Gasteiger partial charge is 0.0392 e. The summed E-state index contributed by atoms with van der Waals surface area (Å²) in [5, 5.41) is 0. The van der Waals surface area contributed by atoms with E-state index in [0.717, 1.165) is 5.57 Å². The number of thioether (sulfide) groups is 1. The summed E-state index contributed by atoms with van der Waals surface area (Å²) in [6.07, 6.45) is 2.07. The molecule has 0 aliphatic rings. The highest BCUT2D eigenvalue weighted by Crippen LogP contribution is 2.27. The van der Waals surface area contributed by atoms with E-state index in [1.54, 1.807) is 11.8 Å². The summed E-state index contributed by atoms with van der Waals surface area (Å²) in [6, 6.07) is 0.0995. The van der Waals surface area contributed by atoms with Gasteiger partial charge in [-0.2, -0.15) is 11.8 Å². The molecule has 0 spiro atoms. The summed E-state index contributed by atoms with van der Waals surface area (Å²) in [6.45, 7) is 10.1. The molecule has 10 heavy (non-hydrogen) atoms. The SMILES string of the molecule is C=C(C)C(N)C(C)(C)SC. The Kier molecular flexibility index (Phi) is 3.46. The molecule has 0 bridgehead atoms. The molecular weight excluding hydrogens is 142 g/mol. The molecule has 0 radical (unpaired) electrons. The van der Waals surface area contributed by atoms with Crippen molar-refractivity contribution in [1.82, 2.24) is 0 Å². The monoisotopic (exact) mass is 159 g/mol. The van der Waals surface area contributed by atoms with Crippen LogP contribution in [0.25, 0.3) is 0 Å². The largest absolute Gasteiger partial charge is 0.323 e. The minimum Gasteiger partial charge on any atom is -0.323 e. The minimum atomic E-state index is 0.0995. The number of nitrogens with two attached hydrogens (primary N) is 1. The van der Waals surface area contributed by atoms with Crippen molar-refractivity contribution < 1.29 is 0 Å². The Bertz CT molecular complexity index is 129. The summed E-state index contributed by atoms with van der Waals surface area (Å²) in [5.74, 6) is 0. The van der Waals surface area contributed by atoms with Crippen LogP contribution in [0.4, 0.5) is 0 Å². The zero-order valence-corrected chi connectivity index (χ0v) is 8.09. The van der Waals surface area contributed by atoms with Crippen LogP contribution in [-0.2, 0) is 0 Å². The van der Waals surface area contributed by atoms with Crippen molar-refractivity contribution in [2.45, 2.75) is 31.6 Å². The van der Waals surface area contributed by atoms with Gasteiger partial charge in [0.1, 0.15) is 0 Å². The average molecular weight is 159 g/mol. The van der Waals surface area contributed by atoms with Gasteiger partial charge in [-0.05, 0) is 27.0 Å². The van der Waals surface area contributed by atoms with Crippen molar-refractivity contribution >= 4 is 11.8 Å². The van der Waals surface area contributed by atoms with Crippen molar-refractivity contribution in [3.63, 3.8) is 0 Å². The van der Waals surface area contributed by atoms with Crippen LogP contribution in [0, 0.1) is 0 Å². The van der Waals surface area contributed by atoms with E-state index in [0.29, 0.717) is 0 Å². The van der Waals surface area contributed by atoms with E-state index in [2.05, 4.69) is 26.7 Å². The van der Waals surface area contributed by atoms with Crippen LogP contribution in [0.15, 0.2) is 12.2 Å². The Hall–Kier alpha value is 0.0500. The topological polar surface area (TPSA) is 26.0 Å². The van der Waals surface area contributed by atoms with Crippen molar-refractivity contribution in [1.29, 1.82) is 0 Å². The fourth-order valence-electron chi connectivity index (χ4n) is 0.720. The molecule has 0 aromatic heterocycles. The van der Waals surface area contributed by atoms with Gasteiger partial charge in [-0.1, -0.05) is 12.2 Å². The lowest BCUT2D eigenvalue weighted by Gasteiger charge is -2.29. The van der Waals surface area contributed by atoms with Crippen LogP contribution < -0.4 is 5.73 Å². The Morgan fingerprint density at radius 3 is 2.10 bits per heavy atom. The first-order chi connectivity index (χ1) is 4.41. The van der Waals surface area contributed by atoms with Crippen molar-refractivity contribution in [3.8, 4) is 0 Å². The Labute approximate surface area is 68.1 Å². The van der Waals surface area contributed by atoms with E-state index < -0.39 is 0 Å². The minimum absolute atomic E-state index is 0.0995. The average Bonchev–Trinajstić information content (AvgIpc) is 1.86. The van der Waals surface area contributed by atoms with Crippen LogP contribution in [0.1, 0.15) is 20.8 Å². The first-order valence-corrected chi connectivity index (χ1v) is 4.60. The third-order valence-electron chi connectivity index (χ3n) is 1.81. The van der Waals surface area contributed by atoms with Gasteiger partial charge >= 0.3 is 0 Å². The molecule has 1 unspecified atom stereocenters. The van der Waals surface area contributed by atoms with Crippen LogP contribution in [0.3, 0.4) is 0 Å². The molecule has 2 heteroatoms. The van der Waals surface area contributed by atoms with Gasteiger partial charge in [0.05, 0.1) is 0 Å². The maximum Gasteiger partial charge on any atom is 0.0392 e. The molecule has 60 valence electrons. The highest BCUT2D eigenvalue weighted by Gasteiger charge is 2.25.